The first-order chi connectivity index (χ1) is 14.2. The first-order valence-corrected chi connectivity index (χ1v) is 10.6. The number of esters is 1. The lowest BCUT2D eigenvalue weighted by Crippen LogP contribution is -2.59. The van der Waals surface area contributed by atoms with Gasteiger partial charge in [-0.1, -0.05) is 24.3 Å². The van der Waals surface area contributed by atoms with Crippen LogP contribution in [0.5, 0.6) is 0 Å². The highest BCUT2D eigenvalue weighted by molar-refractivity contribution is 5.99. The van der Waals surface area contributed by atoms with Crippen LogP contribution in [0.1, 0.15) is 34.1 Å². The minimum atomic E-state index is -1.30. The molecule has 30 heavy (non-hydrogen) atoms. The van der Waals surface area contributed by atoms with E-state index >= 15 is 0 Å². The Labute approximate surface area is 176 Å². The van der Waals surface area contributed by atoms with Crippen molar-refractivity contribution in [2.75, 3.05) is 19.8 Å². The molecule has 0 bridgehead atoms. The molecule has 0 radical (unpaired) electrons. The van der Waals surface area contributed by atoms with Crippen LogP contribution in [0.25, 0.3) is 0 Å². The fourth-order valence-corrected chi connectivity index (χ4v) is 5.47. The van der Waals surface area contributed by atoms with Crippen molar-refractivity contribution in [3.05, 3.63) is 24.3 Å². The summed E-state index contributed by atoms with van der Waals surface area (Å²) in [4.78, 5) is 43.6. The Morgan fingerprint density at radius 1 is 1.13 bits per heavy atom. The molecule has 2 fully saturated rings. The van der Waals surface area contributed by atoms with Gasteiger partial charge in [0.2, 0.25) is 11.8 Å². The molecule has 8 heteroatoms. The number of hydrogen-bond acceptors (Lipinski definition) is 6. The lowest BCUT2D eigenvalue weighted by molar-refractivity contribution is -0.162. The molecule has 4 aliphatic heterocycles. The predicted molar refractivity (Wildman–Crippen MR) is 107 cm³/mol. The molecule has 1 N–H and O–H groups in total. The Balaban J connectivity index is 1.91. The summed E-state index contributed by atoms with van der Waals surface area (Å²) in [5.41, 5.74) is -2.36. The summed E-state index contributed by atoms with van der Waals surface area (Å²) in [6, 6.07) is -1.62. The molecule has 0 saturated carbocycles. The lowest BCUT2D eigenvalue weighted by atomic mass is 9.74. The largest absolute Gasteiger partial charge is 0.465 e. The van der Waals surface area contributed by atoms with E-state index in [9.17, 15) is 19.5 Å². The minimum absolute atomic E-state index is 0.0757. The number of ether oxygens (including phenoxy) is 2. The van der Waals surface area contributed by atoms with Gasteiger partial charge in [0, 0.05) is 12.6 Å². The van der Waals surface area contributed by atoms with Crippen LogP contribution in [-0.4, -0.2) is 81.8 Å². The summed E-state index contributed by atoms with van der Waals surface area (Å²) in [7, 11) is 0. The Hall–Kier alpha value is -2.19. The van der Waals surface area contributed by atoms with Crippen molar-refractivity contribution in [1.29, 1.82) is 0 Å². The zero-order valence-corrected chi connectivity index (χ0v) is 17.9. The lowest BCUT2D eigenvalue weighted by Gasteiger charge is -2.40. The smallest absolute Gasteiger partial charge is 0.313 e. The van der Waals surface area contributed by atoms with Crippen LogP contribution in [0, 0.1) is 11.8 Å². The van der Waals surface area contributed by atoms with Crippen molar-refractivity contribution in [3.8, 4) is 0 Å². The fraction of sp³-hybridized carbons (Fsp3) is 0.682. The van der Waals surface area contributed by atoms with Gasteiger partial charge in [0.05, 0.1) is 30.8 Å². The third kappa shape index (κ3) is 2.76. The standard InChI is InChI=1S/C22H30N2O6/c1-13(2)23-10-7-9-22-15(18(26)24(14(3)12-25)17(22)19(23)27)16-20(28)29-11-6-5-8-21(16,4)30-22/h5,7-9,13-17,25H,6,10-12H2,1-4H3/t14-,15+,16+,17?,21-,22+/m1/s1. The highest BCUT2D eigenvalue weighted by Gasteiger charge is 2.75. The monoisotopic (exact) mass is 418 g/mol. The van der Waals surface area contributed by atoms with Gasteiger partial charge in [-0.2, -0.15) is 0 Å². The topological polar surface area (TPSA) is 96.4 Å². The quantitative estimate of drug-likeness (QED) is 0.534. The van der Waals surface area contributed by atoms with E-state index in [1.165, 1.54) is 4.90 Å². The molecule has 6 atom stereocenters. The van der Waals surface area contributed by atoms with Crippen molar-refractivity contribution in [1.82, 2.24) is 9.80 Å². The van der Waals surface area contributed by atoms with Gasteiger partial charge in [0.1, 0.15) is 17.6 Å². The number of aliphatic hydroxyl groups is 1. The molecule has 0 aliphatic carbocycles. The number of hydrogen-bond donors (Lipinski definition) is 1. The second kappa shape index (κ2) is 7.20. The number of carbonyl (C=O) groups excluding carboxylic acids is 3. The van der Waals surface area contributed by atoms with Crippen molar-refractivity contribution < 1.29 is 29.0 Å². The molecule has 2 amide bonds. The Morgan fingerprint density at radius 3 is 2.53 bits per heavy atom. The van der Waals surface area contributed by atoms with Crippen LogP contribution < -0.4 is 0 Å². The molecule has 164 valence electrons. The molecule has 4 aliphatic rings. The van der Waals surface area contributed by atoms with Crippen LogP contribution in [0.15, 0.2) is 24.3 Å². The van der Waals surface area contributed by atoms with Gasteiger partial charge in [-0.15, -0.1) is 0 Å². The van der Waals surface area contributed by atoms with Crippen molar-refractivity contribution >= 4 is 17.8 Å². The third-order valence-corrected chi connectivity index (χ3v) is 6.85. The highest BCUT2D eigenvalue weighted by atomic mass is 16.6. The summed E-state index contributed by atoms with van der Waals surface area (Å²) >= 11 is 0. The predicted octanol–water partition coefficient (Wildman–Crippen LogP) is 0.648. The molecule has 0 aromatic rings. The van der Waals surface area contributed by atoms with Gasteiger partial charge >= 0.3 is 5.97 Å². The second-order valence-electron chi connectivity index (χ2n) is 9.12. The number of aliphatic hydroxyl groups excluding tert-OH is 1. The van der Waals surface area contributed by atoms with Crippen LogP contribution in [0.3, 0.4) is 0 Å². The fourth-order valence-electron chi connectivity index (χ4n) is 5.47. The molecule has 8 nitrogen and oxygen atoms in total. The van der Waals surface area contributed by atoms with E-state index in [4.69, 9.17) is 9.47 Å². The first kappa shape index (κ1) is 21.1. The number of nitrogens with zero attached hydrogens (tertiary/aromatic N) is 2. The van der Waals surface area contributed by atoms with Gasteiger partial charge in [0.25, 0.3) is 0 Å². The van der Waals surface area contributed by atoms with E-state index < -0.39 is 41.1 Å². The Morgan fingerprint density at radius 2 is 1.87 bits per heavy atom. The van der Waals surface area contributed by atoms with Crippen LogP contribution >= 0.6 is 0 Å². The normalized spacial score (nSPS) is 39.3. The Bertz CT molecular complexity index is 822. The number of amides is 2. The van der Waals surface area contributed by atoms with Crippen molar-refractivity contribution in [2.24, 2.45) is 11.8 Å². The van der Waals surface area contributed by atoms with E-state index in [0.717, 1.165) is 0 Å². The summed E-state index contributed by atoms with van der Waals surface area (Å²) in [5, 5.41) is 9.83. The first-order valence-electron chi connectivity index (χ1n) is 10.6. The van der Waals surface area contributed by atoms with Crippen molar-refractivity contribution in [3.63, 3.8) is 0 Å². The summed E-state index contributed by atoms with van der Waals surface area (Å²) < 4.78 is 12.0. The molecule has 2 saturated heterocycles. The Kier molecular flexibility index (Phi) is 5.05. The maximum Gasteiger partial charge on any atom is 0.313 e. The molecule has 4 rings (SSSR count). The van der Waals surface area contributed by atoms with Crippen molar-refractivity contribution in [2.45, 2.75) is 63.4 Å². The average Bonchev–Trinajstić information content (AvgIpc) is 3.00. The zero-order valence-electron chi connectivity index (χ0n) is 17.9. The maximum atomic E-state index is 13.7. The molecule has 0 aromatic carbocycles. The van der Waals surface area contributed by atoms with Gasteiger partial charge in [-0.25, -0.2) is 0 Å². The van der Waals surface area contributed by atoms with Crippen LogP contribution in [0.2, 0.25) is 0 Å². The molecular formula is C22H30N2O6. The molecule has 0 aromatic heterocycles. The van der Waals surface area contributed by atoms with Gasteiger partial charge < -0.3 is 24.4 Å². The van der Waals surface area contributed by atoms with E-state index in [2.05, 4.69) is 0 Å². The summed E-state index contributed by atoms with van der Waals surface area (Å²) in [6.07, 6.45) is 7.94. The summed E-state index contributed by atoms with van der Waals surface area (Å²) in [6.45, 7) is 7.65. The van der Waals surface area contributed by atoms with Gasteiger partial charge in [0.15, 0.2) is 0 Å². The molecule has 1 unspecified atom stereocenters. The van der Waals surface area contributed by atoms with Gasteiger partial charge in [-0.05, 0) is 34.1 Å². The number of rotatable bonds is 3. The van der Waals surface area contributed by atoms with E-state index in [1.807, 2.05) is 32.1 Å². The maximum absolute atomic E-state index is 13.7. The number of fused-ring (bicyclic) bond motifs is 2. The van der Waals surface area contributed by atoms with Crippen LogP contribution in [0.4, 0.5) is 0 Å². The summed E-state index contributed by atoms with van der Waals surface area (Å²) in [5.74, 6) is -2.85. The number of carbonyl (C=O) groups is 3. The highest BCUT2D eigenvalue weighted by Crippen LogP contribution is 2.57. The molecule has 1 spiro atoms. The molecular weight excluding hydrogens is 388 g/mol. The number of likely N-dealkylation sites (tertiary alicyclic amines) is 1. The minimum Gasteiger partial charge on any atom is -0.465 e. The second-order valence-corrected chi connectivity index (χ2v) is 9.12. The average molecular weight is 418 g/mol. The van der Waals surface area contributed by atoms with E-state index in [0.29, 0.717) is 13.0 Å². The van der Waals surface area contributed by atoms with E-state index in [1.54, 1.807) is 24.8 Å². The van der Waals surface area contributed by atoms with Gasteiger partial charge in [-0.3, -0.25) is 14.4 Å². The number of cyclic esters (lactones) is 1. The SMILES string of the molecule is CC(C)N1CC=C[C@]23O[C@]4(C)C=CCCOC(=O)[C@@H]4[C@H]2C(=O)N([C@H](C)CO)C3C1=O. The third-order valence-electron chi connectivity index (χ3n) is 6.85. The van der Waals surface area contributed by atoms with E-state index in [-0.39, 0.29) is 31.1 Å². The van der Waals surface area contributed by atoms with Crippen LogP contribution in [-0.2, 0) is 23.9 Å². The molecule has 4 heterocycles. The zero-order chi connectivity index (χ0) is 21.8.